The van der Waals surface area contributed by atoms with Crippen LogP contribution in [0.1, 0.15) is 47.0 Å². The van der Waals surface area contributed by atoms with Gasteiger partial charge in [0.25, 0.3) is 0 Å². The Hall–Kier alpha value is -2.73. The number of aliphatic carboxylic acids is 1. The first kappa shape index (κ1) is 28.3. The van der Waals surface area contributed by atoms with Crippen LogP contribution in [0.15, 0.2) is 0 Å². The summed E-state index contributed by atoms with van der Waals surface area (Å²) in [6, 6.07) is -5.00. The van der Waals surface area contributed by atoms with Gasteiger partial charge in [0.2, 0.25) is 23.6 Å². The first-order valence-corrected chi connectivity index (χ1v) is 10.1. The SMILES string of the molecule is CCC(C)C(NC(=O)C(CC(C)C)NC(=O)C(CC(N)=O)NC(=O)C(N)CO)C(=O)O. The maximum atomic E-state index is 12.7. The average Bonchev–Trinajstić information content (AvgIpc) is 2.68. The first-order valence-electron chi connectivity index (χ1n) is 10.1. The van der Waals surface area contributed by atoms with Gasteiger partial charge in [-0.1, -0.05) is 34.1 Å². The van der Waals surface area contributed by atoms with Gasteiger partial charge < -0.3 is 37.6 Å². The molecular formula is C19H35N5O7. The third-order valence-corrected chi connectivity index (χ3v) is 4.69. The highest BCUT2D eigenvalue weighted by Gasteiger charge is 2.32. The summed E-state index contributed by atoms with van der Waals surface area (Å²) in [6.45, 7) is 6.39. The normalized spacial score (nSPS) is 15.8. The molecule has 12 nitrogen and oxygen atoms in total. The van der Waals surface area contributed by atoms with E-state index in [0.29, 0.717) is 6.42 Å². The van der Waals surface area contributed by atoms with E-state index in [2.05, 4.69) is 16.0 Å². The minimum Gasteiger partial charge on any atom is -0.480 e. The number of hydrogen-bond donors (Lipinski definition) is 7. The molecule has 0 aromatic rings. The zero-order valence-electron chi connectivity index (χ0n) is 18.4. The Bertz CT molecular complexity index is 656. The van der Waals surface area contributed by atoms with Crippen molar-refractivity contribution in [1.29, 1.82) is 0 Å². The summed E-state index contributed by atoms with van der Waals surface area (Å²) in [5, 5.41) is 25.5. The second-order valence-corrected chi connectivity index (χ2v) is 7.92. The van der Waals surface area contributed by atoms with E-state index in [1.54, 1.807) is 27.7 Å². The molecule has 12 heteroatoms. The number of rotatable bonds is 14. The van der Waals surface area contributed by atoms with Crippen LogP contribution < -0.4 is 27.4 Å². The molecule has 0 saturated heterocycles. The summed E-state index contributed by atoms with van der Waals surface area (Å²) >= 11 is 0. The third-order valence-electron chi connectivity index (χ3n) is 4.69. The van der Waals surface area contributed by atoms with Gasteiger partial charge in [0.1, 0.15) is 24.2 Å². The molecule has 0 aliphatic carbocycles. The zero-order chi connectivity index (χ0) is 24.3. The van der Waals surface area contributed by atoms with E-state index in [4.69, 9.17) is 16.6 Å². The highest BCUT2D eigenvalue weighted by molar-refractivity contribution is 5.96. The van der Waals surface area contributed by atoms with E-state index in [0.717, 1.165) is 0 Å². The molecule has 5 atom stereocenters. The molecule has 0 fully saturated rings. The van der Waals surface area contributed by atoms with Crippen molar-refractivity contribution >= 4 is 29.6 Å². The van der Waals surface area contributed by atoms with Crippen molar-refractivity contribution in [2.75, 3.05) is 6.61 Å². The molecular weight excluding hydrogens is 410 g/mol. The number of amides is 4. The lowest BCUT2D eigenvalue weighted by molar-refractivity contribution is -0.144. The number of hydrogen-bond acceptors (Lipinski definition) is 7. The minimum atomic E-state index is -1.42. The molecule has 0 aromatic heterocycles. The molecule has 0 bridgehead atoms. The van der Waals surface area contributed by atoms with E-state index in [9.17, 15) is 29.1 Å². The van der Waals surface area contributed by atoms with Crippen molar-refractivity contribution in [3.05, 3.63) is 0 Å². The Morgan fingerprint density at radius 1 is 0.903 bits per heavy atom. The number of nitrogens with two attached hydrogens (primary N) is 2. The molecule has 0 aromatic carbocycles. The summed E-state index contributed by atoms with van der Waals surface area (Å²) in [5.41, 5.74) is 10.5. The van der Waals surface area contributed by atoms with Gasteiger partial charge in [0.15, 0.2) is 0 Å². The van der Waals surface area contributed by atoms with Gasteiger partial charge >= 0.3 is 5.97 Å². The highest BCUT2D eigenvalue weighted by Crippen LogP contribution is 2.11. The highest BCUT2D eigenvalue weighted by atomic mass is 16.4. The molecule has 0 aliphatic rings. The molecule has 5 unspecified atom stereocenters. The second kappa shape index (κ2) is 13.5. The van der Waals surface area contributed by atoms with E-state index >= 15 is 0 Å². The number of aliphatic hydroxyl groups is 1. The van der Waals surface area contributed by atoms with E-state index in [1.807, 2.05) is 0 Å². The van der Waals surface area contributed by atoms with Crippen molar-refractivity contribution in [3.63, 3.8) is 0 Å². The van der Waals surface area contributed by atoms with Gasteiger partial charge in [0, 0.05) is 0 Å². The van der Waals surface area contributed by atoms with Crippen molar-refractivity contribution in [1.82, 2.24) is 16.0 Å². The van der Waals surface area contributed by atoms with Crippen molar-refractivity contribution in [3.8, 4) is 0 Å². The summed E-state index contributed by atoms with van der Waals surface area (Å²) in [4.78, 5) is 60.2. The first-order chi connectivity index (χ1) is 14.3. The largest absolute Gasteiger partial charge is 0.480 e. The lowest BCUT2D eigenvalue weighted by Crippen LogP contribution is -2.58. The maximum Gasteiger partial charge on any atom is 0.326 e. The van der Waals surface area contributed by atoms with Gasteiger partial charge in [-0.25, -0.2) is 4.79 Å². The molecule has 0 rings (SSSR count). The van der Waals surface area contributed by atoms with Crippen molar-refractivity contribution in [2.24, 2.45) is 23.3 Å². The van der Waals surface area contributed by atoms with E-state index in [-0.39, 0.29) is 18.3 Å². The number of aliphatic hydroxyl groups excluding tert-OH is 1. The van der Waals surface area contributed by atoms with E-state index < -0.39 is 66.8 Å². The van der Waals surface area contributed by atoms with Crippen LogP contribution in [-0.4, -0.2) is 70.6 Å². The molecule has 178 valence electrons. The van der Waals surface area contributed by atoms with Gasteiger partial charge in [-0.3, -0.25) is 19.2 Å². The number of carboxylic acid groups (broad SMARTS) is 1. The molecule has 0 heterocycles. The Morgan fingerprint density at radius 3 is 1.84 bits per heavy atom. The predicted octanol–water partition coefficient (Wildman–Crippen LogP) is -2.19. The second-order valence-electron chi connectivity index (χ2n) is 7.92. The van der Waals surface area contributed by atoms with Gasteiger partial charge in [-0.2, -0.15) is 0 Å². The lowest BCUT2D eigenvalue weighted by atomic mass is 9.97. The summed E-state index contributed by atoms with van der Waals surface area (Å²) in [7, 11) is 0. The predicted molar refractivity (Wildman–Crippen MR) is 111 cm³/mol. The number of carboxylic acids is 1. The molecule has 31 heavy (non-hydrogen) atoms. The molecule has 0 radical (unpaired) electrons. The summed E-state index contributed by atoms with van der Waals surface area (Å²) < 4.78 is 0. The van der Waals surface area contributed by atoms with Crippen LogP contribution in [0.4, 0.5) is 0 Å². The Balaban J connectivity index is 5.54. The molecule has 0 saturated carbocycles. The van der Waals surface area contributed by atoms with E-state index in [1.165, 1.54) is 0 Å². The number of nitrogens with one attached hydrogen (secondary N) is 3. The van der Waals surface area contributed by atoms with Crippen molar-refractivity contribution in [2.45, 2.75) is 71.1 Å². The number of carbonyl (C=O) groups excluding carboxylic acids is 4. The van der Waals surface area contributed by atoms with Crippen LogP contribution in [0.5, 0.6) is 0 Å². The Morgan fingerprint density at radius 2 is 1.42 bits per heavy atom. The van der Waals surface area contributed by atoms with Crippen LogP contribution in [0.25, 0.3) is 0 Å². The molecule has 9 N–H and O–H groups in total. The summed E-state index contributed by atoms with van der Waals surface area (Å²) in [5.74, 6) is -4.93. The molecule has 0 aliphatic heterocycles. The monoisotopic (exact) mass is 445 g/mol. The molecule has 0 spiro atoms. The fourth-order valence-corrected chi connectivity index (χ4v) is 2.68. The van der Waals surface area contributed by atoms with Crippen LogP contribution in [0.3, 0.4) is 0 Å². The van der Waals surface area contributed by atoms with Crippen molar-refractivity contribution < 1.29 is 34.2 Å². The van der Waals surface area contributed by atoms with Crippen LogP contribution in [0.2, 0.25) is 0 Å². The maximum absolute atomic E-state index is 12.7. The zero-order valence-corrected chi connectivity index (χ0v) is 18.4. The van der Waals surface area contributed by atoms with Crippen LogP contribution in [-0.2, 0) is 24.0 Å². The Labute approximate surface area is 181 Å². The molecule has 4 amide bonds. The smallest absolute Gasteiger partial charge is 0.326 e. The fraction of sp³-hybridized carbons (Fsp3) is 0.737. The number of primary amides is 1. The summed E-state index contributed by atoms with van der Waals surface area (Å²) in [6.07, 6.45) is 0.129. The fourth-order valence-electron chi connectivity index (χ4n) is 2.68. The van der Waals surface area contributed by atoms with Crippen LogP contribution >= 0.6 is 0 Å². The standard InChI is InChI=1S/C19H35N5O7/c1-5-10(4)15(19(30)31)24-18(29)12(6-9(2)3)23-17(28)13(7-14(21)26)22-16(27)11(20)8-25/h9-13,15,25H,5-8,20H2,1-4H3,(H2,21,26)(H,22,27)(H,23,28)(H,24,29)(H,30,31). The number of carbonyl (C=O) groups is 5. The van der Waals surface area contributed by atoms with Gasteiger partial charge in [-0.05, 0) is 18.3 Å². The van der Waals surface area contributed by atoms with Gasteiger partial charge in [0.05, 0.1) is 13.0 Å². The average molecular weight is 446 g/mol. The minimum absolute atomic E-state index is 0.0464. The lowest BCUT2D eigenvalue weighted by Gasteiger charge is -2.27. The third kappa shape index (κ3) is 10.2. The van der Waals surface area contributed by atoms with Gasteiger partial charge in [-0.15, -0.1) is 0 Å². The topological polar surface area (TPSA) is 214 Å². The van der Waals surface area contributed by atoms with Crippen LogP contribution in [0, 0.1) is 11.8 Å². The quantitative estimate of drug-likeness (QED) is 0.155. The Kier molecular flexibility index (Phi) is 12.4.